The molecular weight excluding hydrogens is 392 g/mol. The minimum Gasteiger partial charge on any atom is -0.157 e. The summed E-state index contributed by atoms with van der Waals surface area (Å²) in [6, 6.07) is 10.9. The maximum Gasteiger partial charge on any atom is 0.0738 e. The van der Waals surface area contributed by atoms with Crippen LogP contribution in [0.5, 0.6) is 0 Å². The van der Waals surface area contributed by atoms with Crippen molar-refractivity contribution in [3.05, 3.63) is 55.7 Å². The van der Waals surface area contributed by atoms with E-state index in [1.54, 1.807) is 10.4 Å². The summed E-state index contributed by atoms with van der Waals surface area (Å²) in [7, 11) is 0. The van der Waals surface area contributed by atoms with Crippen LogP contribution in [0.25, 0.3) is 0 Å². The van der Waals surface area contributed by atoms with Gasteiger partial charge in [-0.1, -0.05) is 44.0 Å². The Bertz CT molecular complexity index is 522. The van der Waals surface area contributed by atoms with Crippen LogP contribution < -0.4 is 0 Å². The predicted octanol–water partition coefficient (Wildman–Crippen LogP) is 5.78. The molecule has 1 aliphatic rings. The molecule has 0 aliphatic carbocycles. The SMILES string of the molecule is Brc1ccc(C(Br)c2cc3c(s2)CCSC3)cc1. The molecule has 2 heterocycles. The fourth-order valence-electron chi connectivity index (χ4n) is 2.09. The standard InChI is InChI=1S/C14H12Br2S2/c15-11-3-1-9(2-4-11)14(16)13-7-10-8-17-6-5-12(10)18-13/h1-4,7,14H,5-6,8H2. The van der Waals surface area contributed by atoms with E-state index in [1.807, 2.05) is 23.1 Å². The van der Waals surface area contributed by atoms with E-state index in [1.165, 1.54) is 28.4 Å². The molecule has 0 N–H and O–H groups in total. The molecule has 1 atom stereocenters. The fraction of sp³-hybridized carbons (Fsp3) is 0.286. The lowest BCUT2D eigenvalue weighted by molar-refractivity contribution is 1.13. The highest BCUT2D eigenvalue weighted by molar-refractivity contribution is 9.10. The second-order valence-electron chi connectivity index (χ2n) is 4.31. The molecule has 4 heteroatoms. The maximum absolute atomic E-state index is 3.83. The Balaban J connectivity index is 1.89. The minimum absolute atomic E-state index is 0.325. The van der Waals surface area contributed by atoms with Crippen LogP contribution in [0.3, 0.4) is 0 Å². The molecule has 0 amide bonds. The molecule has 1 aromatic carbocycles. The highest BCUT2D eigenvalue weighted by Gasteiger charge is 2.18. The summed E-state index contributed by atoms with van der Waals surface area (Å²) in [5.41, 5.74) is 2.87. The zero-order valence-electron chi connectivity index (χ0n) is 9.66. The molecule has 1 unspecified atom stereocenters. The number of alkyl halides is 1. The second kappa shape index (κ2) is 5.70. The van der Waals surface area contributed by atoms with Gasteiger partial charge in [0.05, 0.1) is 4.83 Å². The quantitative estimate of drug-likeness (QED) is 0.572. The van der Waals surface area contributed by atoms with Crippen molar-refractivity contribution in [2.24, 2.45) is 0 Å². The Kier molecular flexibility index (Phi) is 4.18. The molecule has 0 radical (unpaired) electrons. The number of hydrogen-bond acceptors (Lipinski definition) is 2. The van der Waals surface area contributed by atoms with Crippen LogP contribution in [-0.4, -0.2) is 5.75 Å². The van der Waals surface area contributed by atoms with Gasteiger partial charge in [0.25, 0.3) is 0 Å². The molecule has 0 nitrogen and oxygen atoms in total. The molecule has 0 saturated heterocycles. The summed E-state index contributed by atoms with van der Waals surface area (Å²) >= 11 is 11.3. The number of benzene rings is 1. The van der Waals surface area contributed by atoms with Crippen LogP contribution in [0.4, 0.5) is 0 Å². The minimum atomic E-state index is 0.325. The molecule has 0 fully saturated rings. The van der Waals surface area contributed by atoms with Crippen molar-refractivity contribution < 1.29 is 0 Å². The highest BCUT2D eigenvalue weighted by Crippen LogP contribution is 2.40. The number of rotatable bonds is 2. The molecule has 18 heavy (non-hydrogen) atoms. The van der Waals surface area contributed by atoms with Crippen LogP contribution in [0.2, 0.25) is 0 Å². The Morgan fingerprint density at radius 3 is 2.67 bits per heavy atom. The number of hydrogen-bond donors (Lipinski definition) is 0. The van der Waals surface area contributed by atoms with Crippen LogP contribution >= 0.6 is 55.0 Å². The highest BCUT2D eigenvalue weighted by atomic mass is 79.9. The maximum atomic E-state index is 3.83. The van der Waals surface area contributed by atoms with Gasteiger partial charge in [-0.05, 0) is 41.5 Å². The van der Waals surface area contributed by atoms with Crippen LogP contribution in [0, 0.1) is 0 Å². The predicted molar refractivity (Wildman–Crippen MR) is 89.1 cm³/mol. The summed E-state index contributed by atoms with van der Waals surface area (Å²) in [6.07, 6.45) is 1.24. The summed E-state index contributed by atoms with van der Waals surface area (Å²) in [6.45, 7) is 0. The van der Waals surface area contributed by atoms with Crippen molar-refractivity contribution in [1.82, 2.24) is 0 Å². The lowest BCUT2D eigenvalue weighted by Gasteiger charge is -2.08. The molecule has 94 valence electrons. The monoisotopic (exact) mass is 402 g/mol. The van der Waals surface area contributed by atoms with E-state index < -0.39 is 0 Å². The molecule has 0 spiro atoms. The Morgan fingerprint density at radius 1 is 1.17 bits per heavy atom. The Morgan fingerprint density at radius 2 is 1.94 bits per heavy atom. The van der Waals surface area contributed by atoms with Gasteiger partial charge >= 0.3 is 0 Å². The van der Waals surface area contributed by atoms with Crippen molar-refractivity contribution in [3.63, 3.8) is 0 Å². The van der Waals surface area contributed by atoms with Crippen molar-refractivity contribution in [3.8, 4) is 0 Å². The molecule has 2 aromatic rings. The van der Waals surface area contributed by atoms with Crippen LogP contribution in [0.1, 0.15) is 25.7 Å². The summed E-state index contributed by atoms with van der Waals surface area (Å²) in [4.78, 5) is 3.35. The van der Waals surface area contributed by atoms with E-state index >= 15 is 0 Å². The number of halogens is 2. The first-order valence-corrected chi connectivity index (χ1v) is 9.51. The van der Waals surface area contributed by atoms with Gasteiger partial charge in [-0.3, -0.25) is 0 Å². The lowest BCUT2D eigenvalue weighted by Crippen LogP contribution is -1.96. The van der Waals surface area contributed by atoms with Gasteiger partial charge in [-0.25, -0.2) is 0 Å². The van der Waals surface area contributed by atoms with E-state index in [4.69, 9.17) is 0 Å². The van der Waals surface area contributed by atoms with E-state index in [0.29, 0.717) is 4.83 Å². The van der Waals surface area contributed by atoms with Crippen LogP contribution in [0.15, 0.2) is 34.8 Å². The van der Waals surface area contributed by atoms with Gasteiger partial charge < -0.3 is 0 Å². The van der Waals surface area contributed by atoms with Crippen molar-refractivity contribution in [2.75, 3.05) is 5.75 Å². The second-order valence-corrected chi connectivity index (χ2v) is 8.42. The third kappa shape index (κ3) is 2.72. The third-order valence-corrected chi connectivity index (χ3v) is 7.22. The Labute approximate surface area is 132 Å². The van der Waals surface area contributed by atoms with Gasteiger partial charge in [-0.2, -0.15) is 11.8 Å². The van der Waals surface area contributed by atoms with Crippen molar-refractivity contribution >= 4 is 55.0 Å². The number of fused-ring (bicyclic) bond motifs is 1. The number of thiophene rings is 1. The summed E-state index contributed by atoms with van der Waals surface area (Å²) in [5.74, 6) is 2.46. The van der Waals surface area contributed by atoms with Gasteiger partial charge in [0.15, 0.2) is 0 Å². The van der Waals surface area contributed by atoms with Gasteiger partial charge in [0.2, 0.25) is 0 Å². The average Bonchev–Trinajstić information content (AvgIpc) is 2.82. The van der Waals surface area contributed by atoms with Gasteiger partial charge in [-0.15, -0.1) is 11.3 Å². The average molecular weight is 404 g/mol. The van der Waals surface area contributed by atoms with Crippen molar-refractivity contribution in [1.29, 1.82) is 0 Å². The molecule has 1 aliphatic heterocycles. The van der Waals surface area contributed by atoms with Gasteiger partial charge in [0.1, 0.15) is 0 Å². The first kappa shape index (κ1) is 13.2. The molecule has 1 aromatic heterocycles. The normalized spacial score (nSPS) is 16.3. The van der Waals surface area contributed by atoms with Gasteiger partial charge in [0, 0.05) is 20.0 Å². The first-order valence-electron chi connectivity index (χ1n) is 5.83. The Hall–Kier alpha value is 0.230. The topological polar surface area (TPSA) is 0 Å². The zero-order chi connectivity index (χ0) is 12.5. The third-order valence-electron chi connectivity index (χ3n) is 3.06. The van der Waals surface area contributed by atoms with Crippen LogP contribution in [-0.2, 0) is 12.2 Å². The summed E-state index contributed by atoms with van der Waals surface area (Å²) < 4.78 is 1.13. The summed E-state index contributed by atoms with van der Waals surface area (Å²) in [5, 5.41) is 0. The van der Waals surface area contributed by atoms with E-state index in [2.05, 4.69) is 62.2 Å². The zero-order valence-corrected chi connectivity index (χ0v) is 14.5. The first-order chi connectivity index (χ1) is 8.74. The lowest BCUT2D eigenvalue weighted by atomic mass is 10.1. The fourth-order valence-corrected chi connectivity index (χ4v) is 5.46. The molecular formula is C14H12Br2S2. The molecule has 3 rings (SSSR count). The van der Waals surface area contributed by atoms with E-state index in [0.717, 1.165) is 4.47 Å². The van der Waals surface area contributed by atoms with E-state index in [9.17, 15) is 0 Å². The molecule has 0 saturated carbocycles. The van der Waals surface area contributed by atoms with E-state index in [-0.39, 0.29) is 0 Å². The van der Waals surface area contributed by atoms with Crippen molar-refractivity contribution in [2.45, 2.75) is 17.0 Å². The number of aryl methyl sites for hydroxylation is 1. The molecule has 0 bridgehead atoms. The number of thioether (sulfide) groups is 1. The smallest absolute Gasteiger partial charge is 0.0738 e. The largest absolute Gasteiger partial charge is 0.157 e.